The molecule has 2 rings (SSSR count). The molecule has 5 nitrogen and oxygen atoms in total. The van der Waals surface area contributed by atoms with Crippen LogP contribution in [-0.2, 0) is 4.79 Å². The maximum absolute atomic E-state index is 11.0. The fourth-order valence-electron chi connectivity index (χ4n) is 1.76. The third-order valence-electron chi connectivity index (χ3n) is 2.60. The van der Waals surface area contributed by atoms with Crippen LogP contribution in [-0.4, -0.2) is 10.9 Å². The summed E-state index contributed by atoms with van der Waals surface area (Å²) in [5.41, 5.74) is 2.74. The molecule has 0 spiro atoms. The largest absolute Gasteiger partial charge is 0.339 e. The Kier molecular flexibility index (Phi) is 3.96. The molecule has 1 aromatic carbocycles. The van der Waals surface area contributed by atoms with E-state index in [9.17, 15) is 4.79 Å². The summed E-state index contributed by atoms with van der Waals surface area (Å²) in [5, 5.41) is 14.9. The van der Waals surface area contributed by atoms with Crippen LogP contribution in [0.5, 0.6) is 0 Å². The fourth-order valence-corrected chi connectivity index (χ4v) is 1.76. The molecule has 0 aliphatic carbocycles. The first-order chi connectivity index (χ1) is 9.58. The van der Waals surface area contributed by atoms with Crippen molar-refractivity contribution >= 4 is 23.1 Å². The van der Waals surface area contributed by atoms with E-state index >= 15 is 0 Å². The molecule has 0 aliphatic rings. The van der Waals surface area contributed by atoms with Crippen molar-refractivity contribution in [3.05, 3.63) is 47.7 Å². The van der Waals surface area contributed by atoms with Crippen molar-refractivity contribution in [1.82, 2.24) is 4.98 Å². The average molecular weight is 266 g/mol. The number of hydrogen-bond acceptors (Lipinski definition) is 4. The van der Waals surface area contributed by atoms with Gasteiger partial charge in [-0.15, -0.1) is 0 Å². The van der Waals surface area contributed by atoms with Gasteiger partial charge in [-0.2, -0.15) is 5.26 Å². The summed E-state index contributed by atoms with van der Waals surface area (Å²) < 4.78 is 0. The smallest absolute Gasteiger partial charge is 0.221 e. The summed E-state index contributed by atoms with van der Waals surface area (Å²) in [4.78, 5) is 15.3. The molecular formula is C15H14N4O. The van der Waals surface area contributed by atoms with Gasteiger partial charge in [0.1, 0.15) is 11.9 Å². The number of benzene rings is 1. The van der Waals surface area contributed by atoms with Crippen LogP contribution in [0.25, 0.3) is 0 Å². The lowest BCUT2D eigenvalue weighted by atomic mass is 10.2. The predicted molar refractivity (Wildman–Crippen MR) is 77.7 cm³/mol. The van der Waals surface area contributed by atoms with Crippen LogP contribution in [0.15, 0.2) is 36.4 Å². The van der Waals surface area contributed by atoms with Crippen LogP contribution in [0.1, 0.15) is 18.2 Å². The van der Waals surface area contributed by atoms with E-state index in [0.717, 1.165) is 11.4 Å². The lowest BCUT2D eigenvalue weighted by Gasteiger charge is -2.10. The van der Waals surface area contributed by atoms with Gasteiger partial charge in [0.15, 0.2) is 0 Å². The number of carbonyl (C=O) groups is 1. The monoisotopic (exact) mass is 266 g/mol. The lowest BCUT2D eigenvalue weighted by molar-refractivity contribution is -0.114. The number of pyridine rings is 1. The van der Waals surface area contributed by atoms with Gasteiger partial charge in [-0.25, -0.2) is 4.98 Å². The van der Waals surface area contributed by atoms with Crippen LogP contribution in [0.2, 0.25) is 0 Å². The van der Waals surface area contributed by atoms with Gasteiger partial charge in [0.25, 0.3) is 0 Å². The highest BCUT2D eigenvalue weighted by atomic mass is 16.1. The standard InChI is InChI=1S/C15H14N4O/c1-10-6-7-12(9-16)15(17-10)19-14-5-3-4-13(8-14)18-11(2)20/h3-8H,1-2H3,(H,17,19)(H,18,20). The molecule has 20 heavy (non-hydrogen) atoms. The number of nitriles is 1. The number of amides is 1. The van der Waals surface area contributed by atoms with E-state index in [1.807, 2.05) is 19.1 Å². The highest BCUT2D eigenvalue weighted by molar-refractivity contribution is 5.89. The van der Waals surface area contributed by atoms with E-state index in [4.69, 9.17) is 5.26 Å². The van der Waals surface area contributed by atoms with Gasteiger partial charge in [0.2, 0.25) is 5.91 Å². The zero-order valence-electron chi connectivity index (χ0n) is 11.3. The molecule has 1 heterocycles. The highest BCUT2D eigenvalue weighted by Gasteiger charge is 2.05. The van der Waals surface area contributed by atoms with Gasteiger partial charge < -0.3 is 10.6 Å². The van der Waals surface area contributed by atoms with Crippen molar-refractivity contribution in [3.63, 3.8) is 0 Å². The van der Waals surface area contributed by atoms with Gasteiger partial charge in [0, 0.05) is 24.0 Å². The van der Waals surface area contributed by atoms with E-state index < -0.39 is 0 Å². The molecule has 1 amide bonds. The zero-order valence-corrected chi connectivity index (χ0v) is 11.3. The SMILES string of the molecule is CC(=O)Nc1cccc(Nc2nc(C)ccc2C#N)c1. The Labute approximate surface area is 117 Å². The molecule has 0 atom stereocenters. The van der Waals surface area contributed by atoms with Crippen LogP contribution >= 0.6 is 0 Å². The Morgan fingerprint density at radius 1 is 1.25 bits per heavy atom. The summed E-state index contributed by atoms with van der Waals surface area (Å²) >= 11 is 0. The van der Waals surface area contributed by atoms with E-state index in [0.29, 0.717) is 17.1 Å². The molecule has 0 fully saturated rings. The van der Waals surface area contributed by atoms with E-state index in [2.05, 4.69) is 21.7 Å². The maximum atomic E-state index is 11.0. The average Bonchev–Trinajstić information content (AvgIpc) is 2.38. The molecule has 0 bridgehead atoms. The second-order valence-corrected chi connectivity index (χ2v) is 4.35. The second-order valence-electron chi connectivity index (χ2n) is 4.35. The number of aromatic nitrogens is 1. The van der Waals surface area contributed by atoms with Crippen molar-refractivity contribution < 1.29 is 4.79 Å². The van der Waals surface area contributed by atoms with E-state index in [-0.39, 0.29) is 5.91 Å². The van der Waals surface area contributed by atoms with Crippen LogP contribution in [0.4, 0.5) is 17.2 Å². The van der Waals surface area contributed by atoms with Crippen LogP contribution in [0.3, 0.4) is 0 Å². The molecule has 0 unspecified atom stereocenters. The second kappa shape index (κ2) is 5.85. The normalized spacial score (nSPS) is 9.65. The topological polar surface area (TPSA) is 77.8 Å². The Bertz CT molecular complexity index is 689. The van der Waals surface area contributed by atoms with E-state index in [1.54, 1.807) is 24.3 Å². The van der Waals surface area contributed by atoms with Crippen molar-refractivity contribution in [3.8, 4) is 6.07 Å². The summed E-state index contributed by atoms with van der Waals surface area (Å²) in [6.45, 7) is 3.32. The van der Waals surface area contributed by atoms with Gasteiger partial charge >= 0.3 is 0 Å². The number of carbonyl (C=O) groups excluding carboxylic acids is 1. The Morgan fingerprint density at radius 3 is 2.70 bits per heavy atom. The maximum Gasteiger partial charge on any atom is 0.221 e. The van der Waals surface area contributed by atoms with Crippen molar-refractivity contribution in [2.75, 3.05) is 10.6 Å². The molecule has 0 aliphatic heterocycles. The number of hydrogen-bond donors (Lipinski definition) is 2. The van der Waals surface area contributed by atoms with Crippen molar-refractivity contribution in [1.29, 1.82) is 5.26 Å². The predicted octanol–water partition coefficient (Wildman–Crippen LogP) is 2.96. The van der Waals surface area contributed by atoms with Gasteiger partial charge in [-0.1, -0.05) is 6.07 Å². The molecule has 5 heteroatoms. The van der Waals surface area contributed by atoms with Gasteiger partial charge in [-0.05, 0) is 37.3 Å². The minimum atomic E-state index is -0.131. The Morgan fingerprint density at radius 2 is 2.00 bits per heavy atom. The summed E-state index contributed by atoms with van der Waals surface area (Å²) in [6, 6.07) is 12.8. The zero-order chi connectivity index (χ0) is 14.5. The van der Waals surface area contributed by atoms with E-state index in [1.165, 1.54) is 6.92 Å². The minimum Gasteiger partial charge on any atom is -0.339 e. The Hall–Kier alpha value is -2.87. The lowest BCUT2D eigenvalue weighted by Crippen LogP contribution is -2.06. The van der Waals surface area contributed by atoms with Crippen LogP contribution < -0.4 is 10.6 Å². The highest BCUT2D eigenvalue weighted by Crippen LogP contribution is 2.21. The number of anilines is 3. The molecule has 0 radical (unpaired) electrons. The molecule has 2 aromatic rings. The first-order valence-corrected chi connectivity index (χ1v) is 6.11. The molecule has 2 N–H and O–H groups in total. The summed E-state index contributed by atoms with van der Waals surface area (Å²) in [6.07, 6.45) is 0. The molecule has 0 saturated carbocycles. The number of nitrogens with one attached hydrogen (secondary N) is 2. The fraction of sp³-hybridized carbons (Fsp3) is 0.133. The number of rotatable bonds is 3. The van der Waals surface area contributed by atoms with Crippen molar-refractivity contribution in [2.45, 2.75) is 13.8 Å². The van der Waals surface area contributed by atoms with Crippen LogP contribution in [0, 0.1) is 18.3 Å². The number of nitrogens with zero attached hydrogens (tertiary/aromatic N) is 2. The van der Waals surface area contributed by atoms with Gasteiger partial charge in [0.05, 0.1) is 5.56 Å². The van der Waals surface area contributed by atoms with Crippen molar-refractivity contribution in [2.24, 2.45) is 0 Å². The molecule has 100 valence electrons. The third-order valence-corrected chi connectivity index (χ3v) is 2.60. The third kappa shape index (κ3) is 3.33. The van der Waals surface area contributed by atoms with Gasteiger partial charge in [-0.3, -0.25) is 4.79 Å². The number of aryl methyl sites for hydroxylation is 1. The molecule has 1 aromatic heterocycles. The summed E-state index contributed by atoms with van der Waals surface area (Å²) in [5.74, 6) is 0.376. The first-order valence-electron chi connectivity index (χ1n) is 6.11. The minimum absolute atomic E-state index is 0.131. The first kappa shape index (κ1) is 13.6. The quantitative estimate of drug-likeness (QED) is 0.895. The Balaban J connectivity index is 2.28. The molecule has 0 saturated heterocycles. The molecular weight excluding hydrogens is 252 g/mol. The summed E-state index contributed by atoms with van der Waals surface area (Å²) in [7, 11) is 0.